The SMILES string of the molecule is O=C1NCCN1CCn1cnc(S(=O)(=O)Cl)c1. The van der Waals surface area contributed by atoms with Crippen molar-refractivity contribution in [2.45, 2.75) is 11.6 Å². The van der Waals surface area contributed by atoms with Gasteiger partial charge in [0.2, 0.25) is 0 Å². The summed E-state index contributed by atoms with van der Waals surface area (Å²) in [5, 5.41) is 2.50. The zero-order valence-electron chi connectivity index (χ0n) is 8.84. The molecule has 2 amide bonds. The van der Waals surface area contributed by atoms with Gasteiger partial charge in [-0.3, -0.25) is 0 Å². The van der Waals surface area contributed by atoms with Crippen molar-refractivity contribution in [3.05, 3.63) is 12.5 Å². The highest BCUT2D eigenvalue weighted by molar-refractivity contribution is 8.13. The van der Waals surface area contributed by atoms with Gasteiger partial charge in [-0.05, 0) is 0 Å². The molecular formula is C8H11ClN4O3S. The summed E-state index contributed by atoms with van der Waals surface area (Å²) in [4.78, 5) is 16.6. The van der Waals surface area contributed by atoms with Gasteiger partial charge in [0.05, 0.1) is 6.33 Å². The number of halogens is 1. The largest absolute Gasteiger partial charge is 0.336 e. The third-order valence-corrected chi connectivity index (χ3v) is 3.62. The standard InChI is InChI=1S/C8H11ClN4O3S/c9-17(15,16)7-5-12(6-11-7)3-4-13-2-1-10-8(13)14/h5-6H,1-4H2,(H,10,14). The molecule has 2 heterocycles. The number of imidazole rings is 1. The van der Waals surface area contributed by atoms with E-state index in [-0.39, 0.29) is 11.1 Å². The highest BCUT2D eigenvalue weighted by atomic mass is 35.7. The molecule has 1 aromatic rings. The van der Waals surface area contributed by atoms with Gasteiger partial charge in [0, 0.05) is 43.1 Å². The molecule has 94 valence electrons. The van der Waals surface area contributed by atoms with Crippen LogP contribution in [-0.4, -0.2) is 48.5 Å². The van der Waals surface area contributed by atoms with Gasteiger partial charge in [-0.1, -0.05) is 0 Å². The van der Waals surface area contributed by atoms with Crippen LogP contribution in [0.25, 0.3) is 0 Å². The van der Waals surface area contributed by atoms with Crippen LogP contribution in [0, 0.1) is 0 Å². The molecule has 1 saturated heterocycles. The van der Waals surface area contributed by atoms with Gasteiger partial charge in [-0.2, -0.15) is 0 Å². The van der Waals surface area contributed by atoms with E-state index in [1.54, 1.807) is 9.47 Å². The van der Waals surface area contributed by atoms with E-state index in [4.69, 9.17) is 10.7 Å². The van der Waals surface area contributed by atoms with Crippen LogP contribution < -0.4 is 5.32 Å². The first-order chi connectivity index (χ1) is 7.97. The summed E-state index contributed by atoms with van der Waals surface area (Å²) in [5.74, 6) is 0. The fraction of sp³-hybridized carbons (Fsp3) is 0.500. The number of nitrogens with one attached hydrogen (secondary N) is 1. The van der Waals surface area contributed by atoms with E-state index in [0.29, 0.717) is 26.2 Å². The molecule has 0 unspecified atom stereocenters. The van der Waals surface area contributed by atoms with E-state index in [2.05, 4.69) is 10.3 Å². The molecule has 1 aliphatic rings. The second kappa shape index (κ2) is 4.53. The third kappa shape index (κ3) is 2.89. The average Bonchev–Trinajstić information content (AvgIpc) is 2.82. The molecule has 2 rings (SSSR count). The Morgan fingerprint density at radius 1 is 1.47 bits per heavy atom. The number of hydrogen-bond donors (Lipinski definition) is 1. The topological polar surface area (TPSA) is 84.3 Å². The Hall–Kier alpha value is -1.28. The van der Waals surface area contributed by atoms with E-state index >= 15 is 0 Å². The van der Waals surface area contributed by atoms with Gasteiger partial charge < -0.3 is 14.8 Å². The molecule has 1 aromatic heterocycles. The predicted octanol–water partition coefficient (Wildman–Crippen LogP) is -0.164. The molecule has 0 bridgehead atoms. The van der Waals surface area contributed by atoms with Crippen LogP contribution in [0.2, 0.25) is 0 Å². The minimum absolute atomic E-state index is 0.102. The lowest BCUT2D eigenvalue weighted by Gasteiger charge is -2.13. The average molecular weight is 279 g/mol. The van der Waals surface area contributed by atoms with Crippen LogP contribution in [0.15, 0.2) is 17.6 Å². The molecule has 17 heavy (non-hydrogen) atoms. The van der Waals surface area contributed by atoms with Crippen LogP contribution in [0.3, 0.4) is 0 Å². The van der Waals surface area contributed by atoms with Gasteiger partial charge >= 0.3 is 6.03 Å². The molecule has 1 N–H and O–H groups in total. The smallest absolute Gasteiger partial charge is 0.317 e. The number of aromatic nitrogens is 2. The Bertz CT molecular complexity index is 527. The molecular weight excluding hydrogens is 268 g/mol. The van der Waals surface area contributed by atoms with Gasteiger partial charge in [-0.25, -0.2) is 18.2 Å². The van der Waals surface area contributed by atoms with Crippen molar-refractivity contribution >= 4 is 25.8 Å². The van der Waals surface area contributed by atoms with E-state index < -0.39 is 9.05 Å². The van der Waals surface area contributed by atoms with Gasteiger partial charge in [0.1, 0.15) is 0 Å². The lowest BCUT2D eigenvalue weighted by molar-refractivity contribution is 0.215. The maximum atomic E-state index is 11.2. The number of urea groups is 1. The maximum Gasteiger partial charge on any atom is 0.317 e. The summed E-state index contributed by atoms with van der Waals surface area (Å²) < 4.78 is 23.5. The summed E-state index contributed by atoms with van der Waals surface area (Å²) in [6.45, 7) is 2.29. The van der Waals surface area contributed by atoms with E-state index in [9.17, 15) is 13.2 Å². The zero-order valence-corrected chi connectivity index (χ0v) is 10.4. The minimum atomic E-state index is -3.78. The molecule has 0 aromatic carbocycles. The van der Waals surface area contributed by atoms with Crippen LogP contribution in [-0.2, 0) is 15.6 Å². The van der Waals surface area contributed by atoms with Crippen molar-refractivity contribution in [3.63, 3.8) is 0 Å². The summed E-state index contributed by atoms with van der Waals surface area (Å²) in [7, 11) is 1.36. The Labute approximate surface area is 103 Å². The minimum Gasteiger partial charge on any atom is -0.336 e. The molecule has 0 radical (unpaired) electrons. The number of hydrogen-bond acceptors (Lipinski definition) is 4. The van der Waals surface area contributed by atoms with Gasteiger partial charge in [0.15, 0.2) is 5.03 Å². The van der Waals surface area contributed by atoms with Gasteiger partial charge in [-0.15, -0.1) is 0 Å². The van der Waals surface area contributed by atoms with Crippen molar-refractivity contribution in [1.82, 2.24) is 19.8 Å². The summed E-state index contributed by atoms with van der Waals surface area (Å²) >= 11 is 0. The molecule has 0 spiro atoms. The highest BCUT2D eigenvalue weighted by Gasteiger charge is 2.19. The molecule has 7 nitrogen and oxygen atoms in total. The Morgan fingerprint density at radius 3 is 2.76 bits per heavy atom. The maximum absolute atomic E-state index is 11.2. The van der Waals surface area contributed by atoms with Gasteiger partial charge in [0.25, 0.3) is 9.05 Å². The molecule has 0 aliphatic carbocycles. The number of carbonyl (C=O) groups excluding carboxylic acids is 1. The Balaban J connectivity index is 1.96. The summed E-state index contributed by atoms with van der Waals surface area (Å²) in [5.41, 5.74) is 0. The predicted molar refractivity (Wildman–Crippen MR) is 60.2 cm³/mol. The monoisotopic (exact) mass is 278 g/mol. The van der Waals surface area contributed by atoms with Crippen LogP contribution in [0.1, 0.15) is 0 Å². The fourth-order valence-corrected chi connectivity index (χ4v) is 2.22. The number of amides is 2. The van der Waals surface area contributed by atoms with E-state index in [0.717, 1.165) is 0 Å². The Kier molecular flexibility index (Phi) is 3.25. The van der Waals surface area contributed by atoms with Crippen LogP contribution in [0.5, 0.6) is 0 Å². The van der Waals surface area contributed by atoms with Crippen molar-refractivity contribution in [2.75, 3.05) is 19.6 Å². The second-order valence-electron chi connectivity index (χ2n) is 3.61. The van der Waals surface area contributed by atoms with E-state index in [1.165, 1.54) is 12.5 Å². The molecule has 0 atom stereocenters. The van der Waals surface area contributed by atoms with Crippen LogP contribution >= 0.6 is 10.7 Å². The second-order valence-corrected chi connectivity index (χ2v) is 6.12. The Morgan fingerprint density at radius 2 is 2.24 bits per heavy atom. The molecule has 1 fully saturated rings. The number of nitrogens with zero attached hydrogens (tertiary/aromatic N) is 3. The van der Waals surface area contributed by atoms with Crippen molar-refractivity contribution in [3.8, 4) is 0 Å². The quantitative estimate of drug-likeness (QED) is 0.776. The lowest BCUT2D eigenvalue weighted by Crippen LogP contribution is -2.30. The molecule has 0 saturated carbocycles. The zero-order chi connectivity index (χ0) is 12.5. The fourth-order valence-electron chi connectivity index (χ4n) is 1.55. The first-order valence-electron chi connectivity index (χ1n) is 4.96. The van der Waals surface area contributed by atoms with Crippen molar-refractivity contribution < 1.29 is 13.2 Å². The van der Waals surface area contributed by atoms with Crippen molar-refractivity contribution in [1.29, 1.82) is 0 Å². The summed E-state index contributed by atoms with van der Waals surface area (Å²) in [6, 6.07) is -0.102. The highest BCUT2D eigenvalue weighted by Crippen LogP contribution is 2.11. The normalized spacial score (nSPS) is 16.3. The molecule has 1 aliphatic heterocycles. The number of rotatable bonds is 4. The number of carbonyl (C=O) groups is 1. The third-order valence-electron chi connectivity index (χ3n) is 2.43. The van der Waals surface area contributed by atoms with Crippen LogP contribution in [0.4, 0.5) is 4.79 Å². The first kappa shape index (κ1) is 12.2. The lowest BCUT2D eigenvalue weighted by atomic mass is 10.5. The van der Waals surface area contributed by atoms with Crippen molar-refractivity contribution in [2.24, 2.45) is 0 Å². The van der Waals surface area contributed by atoms with E-state index in [1.807, 2.05) is 0 Å². The first-order valence-corrected chi connectivity index (χ1v) is 7.27. The molecule has 9 heteroatoms. The summed E-state index contributed by atoms with van der Waals surface area (Å²) in [6.07, 6.45) is 2.72.